The zero-order valence-electron chi connectivity index (χ0n) is 42.6. The lowest BCUT2D eigenvalue weighted by Crippen LogP contribution is -2.59. The van der Waals surface area contributed by atoms with Gasteiger partial charge in [0.15, 0.2) is 0 Å². The van der Waals surface area contributed by atoms with Crippen molar-refractivity contribution in [3.63, 3.8) is 0 Å². The van der Waals surface area contributed by atoms with Crippen LogP contribution in [0.3, 0.4) is 0 Å². The number of likely N-dealkylation sites (tertiary alicyclic amines) is 1. The number of fused-ring (bicyclic) bond motifs is 1. The largest absolute Gasteiger partial charge is 0.484 e. The molecule has 1 aliphatic rings. The van der Waals surface area contributed by atoms with Crippen LogP contribution in [0.2, 0.25) is 0 Å². The minimum atomic E-state index is -5.11. The molecule has 1 unspecified atom stereocenters. The molecule has 0 saturated carbocycles. The number of amides is 4. The van der Waals surface area contributed by atoms with Gasteiger partial charge in [0, 0.05) is 61.7 Å². The Morgan fingerprint density at radius 1 is 0.947 bits per heavy atom. The number of benzene rings is 3. The molecule has 76 heavy (non-hydrogen) atoms. The highest BCUT2D eigenvalue weighted by atomic mass is 32.2. The summed E-state index contributed by atoms with van der Waals surface area (Å²) in [6.45, 7) is 8.73. The minimum absolute atomic E-state index is 0.0652. The molecule has 5 atom stereocenters. The predicted molar refractivity (Wildman–Crippen MR) is 274 cm³/mol. The van der Waals surface area contributed by atoms with Gasteiger partial charge in [0.05, 0.1) is 28.8 Å². The minimum Gasteiger partial charge on any atom is -0.484 e. The first-order valence-corrected chi connectivity index (χ1v) is 25.7. The molecule has 0 bridgehead atoms. The molecule has 4 amide bonds. The summed E-state index contributed by atoms with van der Waals surface area (Å²) >= 11 is 0. The van der Waals surface area contributed by atoms with Gasteiger partial charge in [-0.1, -0.05) is 45.0 Å². The number of hydrogen-bond donors (Lipinski definition) is 6. The highest BCUT2D eigenvalue weighted by Crippen LogP contribution is 2.41. The van der Waals surface area contributed by atoms with E-state index in [1.807, 2.05) is 4.72 Å². The molecular formula is C51H59F5N12O7S. The Hall–Kier alpha value is -7.67. The number of sulfonamides is 1. The monoisotopic (exact) mass is 1080 g/mol. The van der Waals surface area contributed by atoms with Crippen molar-refractivity contribution in [2.45, 2.75) is 103 Å². The molecule has 1 fully saturated rings. The molecule has 1 saturated heterocycles. The first kappa shape index (κ1) is 56.1. The molecule has 7 N–H and O–H groups in total. The van der Waals surface area contributed by atoms with Crippen molar-refractivity contribution in [1.29, 1.82) is 0 Å². The van der Waals surface area contributed by atoms with Gasteiger partial charge in [-0.15, -0.1) is 0 Å². The second kappa shape index (κ2) is 23.1. The van der Waals surface area contributed by atoms with E-state index >= 15 is 0 Å². The number of unbranched alkanes of at least 4 members (excludes halogenated alkanes) is 1. The topological polar surface area (TPSA) is 250 Å². The summed E-state index contributed by atoms with van der Waals surface area (Å²) in [7, 11) is -1.84. The van der Waals surface area contributed by atoms with Crippen LogP contribution in [0.4, 0.5) is 39.1 Å². The van der Waals surface area contributed by atoms with Gasteiger partial charge in [0.2, 0.25) is 23.6 Å². The second-order valence-electron chi connectivity index (χ2n) is 19.5. The molecule has 19 nitrogen and oxygen atoms in total. The number of nitrogens with one attached hydrogen (secondary N) is 5. The number of nitrogens with zero attached hydrogens (tertiary/aromatic N) is 6. The number of ether oxygens (including phenoxy) is 1. The fourth-order valence-electron chi connectivity index (χ4n) is 8.74. The Balaban J connectivity index is 1.03. The van der Waals surface area contributed by atoms with E-state index in [2.05, 4.69) is 31.3 Å². The average Bonchev–Trinajstić information content (AvgIpc) is 4.14. The fraction of sp³-hybridized carbons (Fsp3) is 0.392. The number of hydrogen-bond acceptors (Lipinski definition) is 12. The van der Waals surface area contributed by atoms with Crippen LogP contribution in [0.5, 0.6) is 5.75 Å². The number of aryl methyl sites for hydroxylation is 2. The summed E-state index contributed by atoms with van der Waals surface area (Å²) in [5, 5.41) is 20.4. The SMILES string of the molecule is CN[C@@H](C)C(=O)N[C@H](C(=O)N1CC(NC(=O)CCCCn2cc(-c3cnc(N)c4c(-c5ccc(NS(=O)(=O)C(F)F)c(O[C@@H](C)c6ccc(F)cc6)c5)nn(C)c34)cn2)C[C@H]1C(=O)Nc1c(F)cccc1F)C(C)(C)C. The van der Waals surface area contributed by atoms with Crippen LogP contribution in [0.25, 0.3) is 33.3 Å². The highest BCUT2D eigenvalue weighted by Gasteiger charge is 2.46. The molecule has 3 aromatic carbocycles. The van der Waals surface area contributed by atoms with Crippen LogP contribution >= 0.6 is 0 Å². The van der Waals surface area contributed by atoms with E-state index in [1.54, 1.807) is 76.7 Å². The number of rotatable bonds is 20. The standard InChI is InChI=1S/C51H59F5N12O7S/c1-27(58-6)47(70)63-45(51(3,4)5)49(72)68-26-33(22-38(68)48(71)62-43-35(53)11-10-12-36(43)54)61-40(69)13-8-9-20-67-25-31(23-60-67)34-24-59-46(57)41-42(64-66(7)44(34)41)30-16-19-37(65-76(73,74)50(55)56)39(21-30)75-28(2)29-14-17-32(52)18-15-29/h10-12,14-19,21,23-25,27-28,33,38,45,50,58,65H,8-9,13,20,22,26H2,1-7H3,(H2,57,59)(H,61,69)(H,62,71)(H,63,70)/t27-,28-,33?,38-,45+/m0/s1. The highest BCUT2D eigenvalue weighted by molar-refractivity contribution is 7.93. The van der Waals surface area contributed by atoms with Gasteiger partial charge in [-0.05, 0) is 87.5 Å². The zero-order chi connectivity index (χ0) is 55.4. The maximum absolute atomic E-state index is 14.7. The maximum Gasteiger partial charge on any atom is 0.355 e. The average molecular weight is 1080 g/mol. The van der Waals surface area contributed by atoms with Crippen LogP contribution in [0.15, 0.2) is 79.3 Å². The van der Waals surface area contributed by atoms with Crippen LogP contribution in [0, 0.1) is 22.9 Å². The first-order chi connectivity index (χ1) is 35.9. The van der Waals surface area contributed by atoms with Crippen molar-refractivity contribution >= 4 is 61.7 Å². The lowest BCUT2D eigenvalue weighted by atomic mass is 9.85. The number of anilines is 3. The summed E-state index contributed by atoms with van der Waals surface area (Å²) in [6, 6.07) is 8.87. The van der Waals surface area contributed by atoms with Crippen LogP contribution in [-0.4, -0.2) is 105 Å². The number of nitrogen functional groups attached to an aromatic ring is 1. The third-order valence-corrected chi connectivity index (χ3v) is 13.9. The maximum atomic E-state index is 14.7. The number of likely N-dealkylation sites (N-methyl/N-ethyl adjacent to an activating group) is 1. The summed E-state index contributed by atoms with van der Waals surface area (Å²) in [4.78, 5) is 60.1. The van der Waals surface area contributed by atoms with E-state index in [4.69, 9.17) is 15.6 Å². The third-order valence-electron chi connectivity index (χ3n) is 13.0. The van der Waals surface area contributed by atoms with Crippen LogP contribution in [-0.2, 0) is 42.8 Å². The summed E-state index contributed by atoms with van der Waals surface area (Å²) < 4.78 is 106. The molecule has 406 valence electrons. The van der Waals surface area contributed by atoms with Crippen LogP contribution < -0.4 is 36.5 Å². The Labute approximate surface area is 435 Å². The summed E-state index contributed by atoms with van der Waals surface area (Å²) in [6.07, 6.45) is 5.06. The number of halogens is 5. The van der Waals surface area contributed by atoms with Gasteiger partial charge in [0.25, 0.3) is 10.0 Å². The number of alkyl halides is 2. The van der Waals surface area contributed by atoms with Crippen molar-refractivity contribution in [2.24, 2.45) is 12.5 Å². The summed E-state index contributed by atoms with van der Waals surface area (Å²) in [5.74, 6) is -8.60. The Morgan fingerprint density at radius 2 is 1.64 bits per heavy atom. The number of pyridine rings is 1. The normalized spacial score (nSPS) is 16.1. The van der Waals surface area contributed by atoms with Crippen molar-refractivity contribution in [1.82, 2.24) is 45.4 Å². The molecule has 0 radical (unpaired) electrons. The molecule has 1 aliphatic heterocycles. The van der Waals surface area contributed by atoms with E-state index in [9.17, 15) is 49.5 Å². The van der Waals surface area contributed by atoms with Gasteiger partial charge in [-0.2, -0.15) is 19.0 Å². The quantitative estimate of drug-likeness (QED) is 0.0348. The van der Waals surface area contributed by atoms with E-state index in [0.717, 1.165) is 18.2 Å². The van der Waals surface area contributed by atoms with Gasteiger partial charge in [-0.3, -0.25) is 33.3 Å². The van der Waals surface area contributed by atoms with Crippen molar-refractivity contribution in [3.8, 4) is 28.1 Å². The van der Waals surface area contributed by atoms with Crippen molar-refractivity contribution in [3.05, 3.63) is 102 Å². The van der Waals surface area contributed by atoms with E-state index < -0.39 is 92.3 Å². The van der Waals surface area contributed by atoms with E-state index in [0.29, 0.717) is 58.2 Å². The number of carbonyl (C=O) groups is 4. The van der Waals surface area contributed by atoms with Crippen molar-refractivity contribution < 1.29 is 54.3 Å². The number of carbonyl (C=O) groups excluding carboxylic acids is 4. The lowest BCUT2D eigenvalue weighted by Gasteiger charge is -2.36. The molecule has 0 aliphatic carbocycles. The summed E-state index contributed by atoms with van der Waals surface area (Å²) in [5.41, 5.74) is 7.66. The zero-order valence-corrected chi connectivity index (χ0v) is 43.4. The third kappa shape index (κ3) is 12.7. The smallest absolute Gasteiger partial charge is 0.355 e. The molecular weight excluding hydrogens is 1020 g/mol. The number of aromatic nitrogens is 5. The van der Waals surface area contributed by atoms with Gasteiger partial charge < -0.3 is 36.6 Å². The Bertz CT molecular complexity index is 3220. The molecule has 0 spiro atoms. The Morgan fingerprint density at radius 3 is 2.30 bits per heavy atom. The molecule has 3 aromatic heterocycles. The molecule has 6 aromatic rings. The first-order valence-electron chi connectivity index (χ1n) is 24.2. The predicted octanol–water partition coefficient (Wildman–Crippen LogP) is 6.64. The number of nitrogens with two attached hydrogens (primary N) is 1. The lowest BCUT2D eigenvalue weighted by molar-refractivity contribution is -0.143. The Kier molecular flexibility index (Phi) is 17.0. The van der Waals surface area contributed by atoms with Crippen LogP contribution in [0.1, 0.15) is 72.0 Å². The molecule has 7 rings (SSSR count). The second-order valence-corrected chi connectivity index (χ2v) is 21.2. The van der Waals surface area contributed by atoms with Gasteiger partial charge in [-0.25, -0.2) is 26.6 Å². The molecule has 25 heteroatoms. The molecule has 4 heterocycles. The number of para-hydroxylation sites is 1. The van der Waals surface area contributed by atoms with Gasteiger partial charge >= 0.3 is 5.76 Å². The van der Waals surface area contributed by atoms with Gasteiger partial charge in [0.1, 0.15) is 58.6 Å². The van der Waals surface area contributed by atoms with E-state index in [1.165, 1.54) is 47.4 Å². The fourth-order valence-corrected chi connectivity index (χ4v) is 9.31. The van der Waals surface area contributed by atoms with E-state index in [-0.39, 0.29) is 42.5 Å². The van der Waals surface area contributed by atoms with Crippen molar-refractivity contribution in [2.75, 3.05) is 29.4 Å².